The molecule has 0 saturated heterocycles. The minimum Gasteiger partial charge on any atom is -0.493 e. The Kier molecular flexibility index (Phi) is 6.07. The average molecular weight is 376 g/mol. The fraction of sp³-hybridized carbons (Fsp3) is 0.130. The normalized spacial score (nSPS) is 10.4. The van der Waals surface area contributed by atoms with Crippen LogP contribution in [0, 0.1) is 0 Å². The number of ether oxygens (including phenoxy) is 3. The lowest BCUT2D eigenvalue weighted by atomic mass is 9.91. The van der Waals surface area contributed by atoms with Gasteiger partial charge in [0.2, 0.25) is 0 Å². The minimum absolute atomic E-state index is 0.233. The first kappa shape index (κ1) is 19.2. The molecule has 0 fully saturated rings. The van der Waals surface area contributed by atoms with Crippen molar-refractivity contribution in [2.45, 2.75) is 5.92 Å². The second-order valence-corrected chi connectivity index (χ2v) is 6.03. The van der Waals surface area contributed by atoms with Crippen LogP contribution in [-0.2, 0) is 9.53 Å². The van der Waals surface area contributed by atoms with Crippen LogP contribution in [0.5, 0.6) is 11.5 Å². The van der Waals surface area contributed by atoms with Crippen molar-refractivity contribution in [3.8, 4) is 11.5 Å². The summed E-state index contributed by atoms with van der Waals surface area (Å²) in [6, 6.07) is 23.4. The summed E-state index contributed by atoms with van der Waals surface area (Å²) in [6.07, 6.45) is 0. The number of esters is 2. The predicted molar refractivity (Wildman–Crippen MR) is 105 cm³/mol. The Morgan fingerprint density at radius 2 is 1.32 bits per heavy atom. The summed E-state index contributed by atoms with van der Waals surface area (Å²) in [4.78, 5) is 24.8. The van der Waals surface area contributed by atoms with Gasteiger partial charge in [-0.15, -0.1) is 0 Å². The van der Waals surface area contributed by atoms with E-state index in [0.29, 0.717) is 5.56 Å². The highest BCUT2D eigenvalue weighted by Gasteiger charge is 2.26. The Morgan fingerprint density at radius 1 is 0.750 bits per heavy atom. The number of hydrogen-bond donors (Lipinski definition) is 0. The van der Waals surface area contributed by atoms with Crippen molar-refractivity contribution in [1.82, 2.24) is 0 Å². The number of rotatable bonds is 6. The first-order valence-corrected chi connectivity index (χ1v) is 8.72. The molecule has 0 aliphatic heterocycles. The van der Waals surface area contributed by atoms with Gasteiger partial charge < -0.3 is 14.2 Å². The van der Waals surface area contributed by atoms with E-state index >= 15 is 0 Å². The molecule has 0 heterocycles. The number of hydrogen-bond acceptors (Lipinski definition) is 5. The fourth-order valence-corrected chi connectivity index (χ4v) is 2.92. The Balaban J connectivity index is 1.94. The number of benzene rings is 3. The van der Waals surface area contributed by atoms with Crippen LogP contribution >= 0.6 is 0 Å². The van der Waals surface area contributed by atoms with Crippen LogP contribution in [0.4, 0.5) is 0 Å². The zero-order valence-electron chi connectivity index (χ0n) is 15.6. The van der Waals surface area contributed by atoms with Crippen LogP contribution in [0.3, 0.4) is 0 Å². The van der Waals surface area contributed by atoms with Crippen LogP contribution in [0.1, 0.15) is 27.4 Å². The summed E-state index contributed by atoms with van der Waals surface area (Å²) in [5.41, 5.74) is 1.95. The van der Waals surface area contributed by atoms with Crippen LogP contribution < -0.4 is 9.47 Å². The monoisotopic (exact) mass is 376 g/mol. The van der Waals surface area contributed by atoms with Gasteiger partial charge in [0.1, 0.15) is 5.92 Å². The van der Waals surface area contributed by atoms with E-state index < -0.39 is 17.9 Å². The van der Waals surface area contributed by atoms with Gasteiger partial charge in [0.25, 0.3) is 0 Å². The van der Waals surface area contributed by atoms with Crippen LogP contribution in [0.25, 0.3) is 0 Å². The molecular weight excluding hydrogens is 356 g/mol. The molecule has 0 bridgehead atoms. The Bertz CT molecular complexity index is 912. The van der Waals surface area contributed by atoms with Gasteiger partial charge >= 0.3 is 11.9 Å². The third kappa shape index (κ3) is 4.20. The van der Waals surface area contributed by atoms with Crippen molar-refractivity contribution >= 4 is 11.9 Å². The summed E-state index contributed by atoms with van der Waals surface area (Å²) in [6.45, 7) is 0. The largest absolute Gasteiger partial charge is 0.493 e. The predicted octanol–water partition coefficient (Wildman–Crippen LogP) is 4.22. The molecule has 0 N–H and O–H groups in total. The molecule has 3 aromatic carbocycles. The van der Waals surface area contributed by atoms with Gasteiger partial charge in [-0.05, 0) is 29.3 Å². The molecule has 3 rings (SSSR count). The summed E-state index contributed by atoms with van der Waals surface area (Å²) in [7, 11) is 2.74. The minimum atomic E-state index is -0.590. The second kappa shape index (κ2) is 8.86. The van der Waals surface area contributed by atoms with E-state index in [4.69, 9.17) is 14.2 Å². The molecule has 0 saturated carbocycles. The number of carbonyl (C=O) groups is 2. The molecule has 5 nitrogen and oxygen atoms in total. The standard InChI is InChI=1S/C23H20O5/c1-26-20-15-18(22(24)27-2)13-14-19(20)28-23(25)21(16-9-5-3-6-10-16)17-11-7-4-8-12-17/h3-15,21H,1-2H3. The number of methoxy groups -OCH3 is 2. The zero-order valence-corrected chi connectivity index (χ0v) is 15.6. The quantitative estimate of drug-likeness (QED) is 0.476. The third-order valence-electron chi connectivity index (χ3n) is 4.30. The smallest absolute Gasteiger partial charge is 0.337 e. The lowest BCUT2D eigenvalue weighted by Crippen LogP contribution is -2.20. The van der Waals surface area contributed by atoms with E-state index in [9.17, 15) is 9.59 Å². The van der Waals surface area contributed by atoms with Gasteiger partial charge in [0.15, 0.2) is 11.5 Å². The average Bonchev–Trinajstić information content (AvgIpc) is 2.75. The molecule has 0 amide bonds. The van der Waals surface area contributed by atoms with Crippen molar-refractivity contribution in [3.63, 3.8) is 0 Å². The maximum absolute atomic E-state index is 13.1. The van der Waals surface area contributed by atoms with Gasteiger partial charge in [-0.1, -0.05) is 60.7 Å². The lowest BCUT2D eigenvalue weighted by Gasteiger charge is -2.18. The lowest BCUT2D eigenvalue weighted by molar-refractivity contribution is -0.135. The van der Waals surface area contributed by atoms with E-state index in [1.807, 2.05) is 60.7 Å². The van der Waals surface area contributed by atoms with Gasteiger partial charge in [-0.3, -0.25) is 4.79 Å². The highest BCUT2D eigenvalue weighted by Crippen LogP contribution is 2.32. The van der Waals surface area contributed by atoms with E-state index in [2.05, 4.69) is 0 Å². The summed E-state index contributed by atoms with van der Waals surface area (Å²) in [5, 5.41) is 0. The molecule has 0 aliphatic rings. The number of carbonyl (C=O) groups excluding carboxylic acids is 2. The van der Waals surface area contributed by atoms with E-state index in [1.54, 1.807) is 0 Å². The fourth-order valence-electron chi connectivity index (χ4n) is 2.92. The first-order chi connectivity index (χ1) is 13.6. The highest BCUT2D eigenvalue weighted by molar-refractivity contribution is 5.90. The van der Waals surface area contributed by atoms with E-state index in [0.717, 1.165) is 11.1 Å². The molecule has 28 heavy (non-hydrogen) atoms. The van der Waals surface area contributed by atoms with Crippen LogP contribution in [-0.4, -0.2) is 26.2 Å². The molecular formula is C23H20O5. The molecule has 0 radical (unpaired) electrons. The molecule has 142 valence electrons. The second-order valence-electron chi connectivity index (χ2n) is 6.03. The van der Waals surface area contributed by atoms with Crippen molar-refractivity contribution < 1.29 is 23.8 Å². The third-order valence-corrected chi connectivity index (χ3v) is 4.30. The van der Waals surface area contributed by atoms with E-state index in [1.165, 1.54) is 32.4 Å². The van der Waals surface area contributed by atoms with Crippen molar-refractivity contribution in [2.75, 3.05) is 14.2 Å². The SMILES string of the molecule is COC(=O)c1ccc(OC(=O)C(c2ccccc2)c2ccccc2)c(OC)c1. The molecule has 3 aromatic rings. The molecule has 0 atom stereocenters. The molecule has 5 heteroatoms. The van der Waals surface area contributed by atoms with Crippen molar-refractivity contribution in [3.05, 3.63) is 95.6 Å². The van der Waals surface area contributed by atoms with Gasteiger partial charge in [-0.25, -0.2) is 4.79 Å². The van der Waals surface area contributed by atoms with Crippen LogP contribution in [0.15, 0.2) is 78.9 Å². The van der Waals surface area contributed by atoms with Crippen LogP contribution in [0.2, 0.25) is 0 Å². The zero-order chi connectivity index (χ0) is 19.9. The van der Waals surface area contributed by atoms with Crippen molar-refractivity contribution in [1.29, 1.82) is 0 Å². The topological polar surface area (TPSA) is 61.8 Å². The maximum atomic E-state index is 13.1. The molecule has 0 spiro atoms. The summed E-state index contributed by atoms with van der Waals surface area (Å²) < 4.78 is 15.7. The first-order valence-electron chi connectivity index (χ1n) is 8.72. The molecule has 0 aromatic heterocycles. The van der Waals surface area contributed by atoms with Crippen molar-refractivity contribution in [2.24, 2.45) is 0 Å². The summed E-state index contributed by atoms with van der Waals surface area (Å²) in [5.74, 6) is -1.02. The Morgan fingerprint density at radius 3 is 1.82 bits per heavy atom. The Hall–Kier alpha value is -3.60. The van der Waals surface area contributed by atoms with E-state index in [-0.39, 0.29) is 11.5 Å². The summed E-state index contributed by atoms with van der Waals surface area (Å²) >= 11 is 0. The maximum Gasteiger partial charge on any atom is 0.337 e. The van der Waals surface area contributed by atoms with Gasteiger partial charge in [-0.2, -0.15) is 0 Å². The molecule has 0 aliphatic carbocycles. The highest BCUT2D eigenvalue weighted by atomic mass is 16.6. The van der Waals surface area contributed by atoms with Gasteiger partial charge in [0, 0.05) is 0 Å². The Labute approximate surface area is 163 Å². The van der Waals surface area contributed by atoms with Gasteiger partial charge in [0.05, 0.1) is 19.8 Å². The molecule has 0 unspecified atom stereocenters.